The van der Waals surface area contributed by atoms with E-state index in [1.54, 1.807) is 11.3 Å². The molecule has 0 aliphatic heterocycles. The van der Waals surface area contributed by atoms with Crippen molar-refractivity contribution in [1.82, 2.24) is 19.8 Å². The highest BCUT2D eigenvalue weighted by Gasteiger charge is 2.17. The maximum Gasteiger partial charge on any atom is 0.234 e. The first-order valence-electron chi connectivity index (χ1n) is 6.91. The quantitative estimate of drug-likeness (QED) is 0.737. The molecule has 0 N–H and O–H groups in total. The molecule has 0 bridgehead atoms. The molecule has 0 amide bonds. The van der Waals surface area contributed by atoms with Gasteiger partial charge in [0.05, 0.1) is 0 Å². The molecule has 104 valence electrons. The fourth-order valence-corrected chi connectivity index (χ4v) is 3.16. The standard InChI is InChI=1S/C15H18N4S/c1-10(2)9-13-16-17-15-19(13)18-14(20-15)11(3)12-7-5-4-6-8-12/h4-8,10-11H,9H2,1-3H3. The maximum absolute atomic E-state index is 4.71. The molecule has 1 aromatic carbocycles. The van der Waals surface area contributed by atoms with Crippen molar-refractivity contribution in [3.63, 3.8) is 0 Å². The molecule has 3 aromatic rings. The van der Waals surface area contributed by atoms with E-state index in [2.05, 4.69) is 55.2 Å². The van der Waals surface area contributed by atoms with Gasteiger partial charge in [0.25, 0.3) is 0 Å². The average Bonchev–Trinajstić information content (AvgIpc) is 3.01. The van der Waals surface area contributed by atoms with E-state index in [0.717, 1.165) is 22.2 Å². The molecule has 0 spiro atoms. The van der Waals surface area contributed by atoms with E-state index >= 15 is 0 Å². The largest absolute Gasteiger partial charge is 0.234 e. The highest BCUT2D eigenvalue weighted by Crippen LogP contribution is 2.28. The number of hydrogen-bond donors (Lipinski definition) is 0. The van der Waals surface area contributed by atoms with Crippen LogP contribution in [0.3, 0.4) is 0 Å². The minimum absolute atomic E-state index is 0.287. The molecule has 2 heterocycles. The van der Waals surface area contributed by atoms with Crippen molar-refractivity contribution >= 4 is 16.3 Å². The van der Waals surface area contributed by atoms with Gasteiger partial charge in [-0.1, -0.05) is 62.4 Å². The van der Waals surface area contributed by atoms with Gasteiger partial charge in [0.1, 0.15) is 5.01 Å². The maximum atomic E-state index is 4.71. The third kappa shape index (κ3) is 2.45. The van der Waals surface area contributed by atoms with Crippen LogP contribution < -0.4 is 0 Å². The summed E-state index contributed by atoms with van der Waals surface area (Å²) < 4.78 is 1.90. The third-order valence-corrected chi connectivity index (χ3v) is 4.41. The first-order valence-corrected chi connectivity index (χ1v) is 7.72. The number of rotatable bonds is 4. The summed E-state index contributed by atoms with van der Waals surface area (Å²) in [6.07, 6.45) is 0.907. The Bertz CT molecular complexity index is 699. The lowest BCUT2D eigenvalue weighted by atomic mass is 10.0. The Hall–Kier alpha value is -1.75. The van der Waals surface area contributed by atoms with Gasteiger partial charge in [-0.2, -0.15) is 9.61 Å². The lowest BCUT2D eigenvalue weighted by molar-refractivity contribution is 0.604. The Morgan fingerprint density at radius 3 is 2.55 bits per heavy atom. The molecular weight excluding hydrogens is 268 g/mol. The molecule has 0 saturated carbocycles. The Morgan fingerprint density at radius 1 is 1.10 bits per heavy atom. The molecule has 5 heteroatoms. The van der Waals surface area contributed by atoms with Crippen LogP contribution in [0, 0.1) is 5.92 Å². The van der Waals surface area contributed by atoms with Gasteiger partial charge in [0.2, 0.25) is 4.96 Å². The van der Waals surface area contributed by atoms with Crippen LogP contribution in [0.4, 0.5) is 0 Å². The highest BCUT2D eigenvalue weighted by atomic mass is 32.1. The van der Waals surface area contributed by atoms with Crippen LogP contribution in [0.15, 0.2) is 30.3 Å². The van der Waals surface area contributed by atoms with Crippen molar-refractivity contribution in [2.75, 3.05) is 0 Å². The van der Waals surface area contributed by atoms with E-state index in [1.807, 2.05) is 10.6 Å². The lowest BCUT2D eigenvalue weighted by Crippen LogP contribution is -2.03. The molecule has 0 aliphatic carbocycles. The van der Waals surface area contributed by atoms with Crippen molar-refractivity contribution in [2.24, 2.45) is 5.92 Å². The molecule has 1 atom stereocenters. The summed E-state index contributed by atoms with van der Waals surface area (Å²) in [6, 6.07) is 10.5. The van der Waals surface area contributed by atoms with Gasteiger partial charge < -0.3 is 0 Å². The van der Waals surface area contributed by atoms with Gasteiger partial charge in [0, 0.05) is 12.3 Å². The molecule has 1 unspecified atom stereocenters. The van der Waals surface area contributed by atoms with Crippen LogP contribution in [0.5, 0.6) is 0 Å². The number of aromatic nitrogens is 4. The van der Waals surface area contributed by atoms with Crippen LogP contribution in [0.25, 0.3) is 4.96 Å². The fourth-order valence-electron chi connectivity index (χ4n) is 2.22. The van der Waals surface area contributed by atoms with Gasteiger partial charge in [-0.05, 0) is 11.5 Å². The van der Waals surface area contributed by atoms with Gasteiger partial charge in [0.15, 0.2) is 5.82 Å². The van der Waals surface area contributed by atoms with E-state index < -0.39 is 0 Å². The molecule has 0 radical (unpaired) electrons. The van der Waals surface area contributed by atoms with Crippen molar-refractivity contribution in [2.45, 2.75) is 33.1 Å². The summed E-state index contributed by atoms with van der Waals surface area (Å²) in [6.45, 7) is 6.55. The molecule has 0 fully saturated rings. The van der Waals surface area contributed by atoms with Crippen LogP contribution in [-0.4, -0.2) is 19.8 Å². The van der Waals surface area contributed by atoms with Crippen molar-refractivity contribution in [3.05, 3.63) is 46.7 Å². The molecule has 20 heavy (non-hydrogen) atoms. The summed E-state index contributed by atoms with van der Waals surface area (Å²) in [5, 5.41) is 14.3. The van der Waals surface area contributed by atoms with Gasteiger partial charge >= 0.3 is 0 Å². The average molecular weight is 286 g/mol. The van der Waals surface area contributed by atoms with Gasteiger partial charge in [-0.15, -0.1) is 10.2 Å². The fraction of sp³-hybridized carbons (Fsp3) is 0.400. The molecule has 0 saturated heterocycles. The van der Waals surface area contributed by atoms with E-state index in [-0.39, 0.29) is 5.92 Å². The molecule has 0 aliphatic rings. The minimum atomic E-state index is 0.287. The van der Waals surface area contributed by atoms with Gasteiger partial charge in [-0.3, -0.25) is 0 Å². The van der Waals surface area contributed by atoms with Crippen molar-refractivity contribution in [3.8, 4) is 0 Å². The minimum Gasteiger partial charge on any atom is -0.187 e. The molecule has 3 rings (SSSR count). The topological polar surface area (TPSA) is 43.1 Å². The summed E-state index contributed by atoms with van der Waals surface area (Å²) in [5.41, 5.74) is 1.28. The number of nitrogens with zero attached hydrogens (tertiary/aromatic N) is 4. The summed E-state index contributed by atoms with van der Waals surface area (Å²) >= 11 is 1.63. The lowest BCUT2D eigenvalue weighted by Gasteiger charge is -2.07. The monoisotopic (exact) mass is 286 g/mol. The Morgan fingerprint density at radius 2 is 1.85 bits per heavy atom. The predicted octanol–water partition coefficient (Wildman–Crippen LogP) is 3.54. The van der Waals surface area contributed by atoms with Crippen molar-refractivity contribution < 1.29 is 0 Å². The van der Waals surface area contributed by atoms with Crippen LogP contribution in [-0.2, 0) is 6.42 Å². The summed E-state index contributed by atoms with van der Waals surface area (Å²) in [7, 11) is 0. The Balaban J connectivity index is 1.95. The van der Waals surface area contributed by atoms with Crippen LogP contribution in [0.2, 0.25) is 0 Å². The molecule has 4 nitrogen and oxygen atoms in total. The number of hydrogen-bond acceptors (Lipinski definition) is 4. The third-order valence-electron chi connectivity index (χ3n) is 3.33. The summed E-state index contributed by atoms with van der Waals surface area (Å²) in [4.78, 5) is 0.887. The number of fused-ring (bicyclic) bond motifs is 1. The molecular formula is C15H18N4S. The zero-order chi connectivity index (χ0) is 14.1. The second-order valence-electron chi connectivity index (χ2n) is 5.48. The Labute approximate surface area is 122 Å². The van der Waals surface area contributed by atoms with Crippen LogP contribution in [0.1, 0.15) is 43.1 Å². The first kappa shape index (κ1) is 13.2. The predicted molar refractivity (Wildman–Crippen MR) is 81.2 cm³/mol. The van der Waals surface area contributed by atoms with E-state index in [9.17, 15) is 0 Å². The Kier molecular flexibility index (Phi) is 3.53. The second kappa shape index (κ2) is 5.32. The molecule has 2 aromatic heterocycles. The first-order chi connectivity index (χ1) is 9.65. The second-order valence-corrected chi connectivity index (χ2v) is 6.47. The van der Waals surface area contributed by atoms with Crippen LogP contribution >= 0.6 is 11.3 Å². The van der Waals surface area contributed by atoms with E-state index in [0.29, 0.717) is 5.92 Å². The zero-order valence-corrected chi connectivity index (χ0v) is 12.8. The normalized spacial score (nSPS) is 13.2. The van der Waals surface area contributed by atoms with Crippen molar-refractivity contribution in [1.29, 1.82) is 0 Å². The zero-order valence-electron chi connectivity index (χ0n) is 11.9. The number of benzene rings is 1. The van der Waals surface area contributed by atoms with E-state index in [4.69, 9.17) is 5.10 Å². The SMILES string of the molecule is CC(C)Cc1nnc2sc(C(C)c3ccccc3)nn12. The van der Waals surface area contributed by atoms with E-state index in [1.165, 1.54) is 5.56 Å². The smallest absolute Gasteiger partial charge is 0.187 e. The highest BCUT2D eigenvalue weighted by molar-refractivity contribution is 7.16. The summed E-state index contributed by atoms with van der Waals surface area (Å²) in [5.74, 6) is 1.80. The van der Waals surface area contributed by atoms with Gasteiger partial charge in [-0.25, -0.2) is 0 Å².